The smallest absolute Gasteiger partial charge is 0.813 e. The van der Waals surface area contributed by atoms with Gasteiger partial charge in [0.15, 0.2) is 0 Å². The molecule has 0 rings (SSSR count). The molecule has 0 spiro atoms. The molecule has 0 fully saturated rings. The minimum atomic E-state index is 0. The third-order valence-corrected chi connectivity index (χ3v) is 0.354. The molecule has 0 aliphatic heterocycles. The van der Waals surface area contributed by atoms with Gasteiger partial charge in [-0.05, 0) is 0 Å². The zero-order chi connectivity index (χ0) is 3.41. The maximum atomic E-state index is 3.60. The summed E-state index contributed by atoms with van der Waals surface area (Å²) in [7, 11) is 0. The standard InChI is InChI=1S/C4H9.Cu.H2S/c1-3-4-2;;/h1,3-4H2,2H3;;1H2/q-1;+2;/p-1. The molecule has 0 aromatic rings. The number of unbranched alkanes of at least 4 members (excludes halogenated alkanes) is 1. The molecule has 0 aliphatic carbocycles. The van der Waals surface area contributed by atoms with Gasteiger partial charge in [-0.15, -0.1) is 0 Å². The molecule has 0 saturated carbocycles. The van der Waals surface area contributed by atoms with Gasteiger partial charge < -0.3 is 20.4 Å². The van der Waals surface area contributed by atoms with Gasteiger partial charge in [-0.3, -0.25) is 0 Å². The zero-order valence-corrected chi connectivity index (χ0v) is 5.71. The van der Waals surface area contributed by atoms with Gasteiger partial charge >= 0.3 is 17.1 Å². The van der Waals surface area contributed by atoms with E-state index in [1.165, 1.54) is 6.42 Å². The van der Waals surface area contributed by atoms with Gasteiger partial charge in [0, 0.05) is 0 Å². The molecule has 0 atom stereocenters. The Kier molecular flexibility index (Phi) is 44.5. The van der Waals surface area contributed by atoms with Crippen LogP contribution in [-0.2, 0) is 30.6 Å². The Morgan fingerprint density at radius 3 is 1.67 bits per heavy atom. The van der Waals surface area contributed by atoms with E-state index in [2.05, 4.69) is 13.8 Å². The van der Waals surface area contributed by atoms with E-state index in [0.29, 0.717) is 0 Å². The molecule has 0 aromatic carbocycles. The van der Waals surface area contributed by atoms with E-state index in [0.717, 1.165) is 6.42 Å². The number of rotatable bonds is 1. The first-order valence-electron chi connectivity index (χ1n) is 1.71. The fourth-order valence-corrected chi connectivity index (χ4v) is 0. The average molecular weight is 154 g/mol. The zero-order valence-electron chi connectivity index (χ0n) is 3.87. The van der Waals surface area contributed by atoms with E-state index in [-0.39, 0.29) is 30.6 Å². The largest absolute Gasteiger partial charge is 2.00 e. The van der Waals surface area contributed by atoms with Crippen molar-refractivity contribution in [3.8, 4) is 0 Å². The van der Waals surface area contributed by atoms with Crippen molar-refractivity contribution in [2.24, 2.45) is 0 Å². The molecule has 0 heterocycles. The molecule has 1 radical (unpaired) electrons. The minimum Gasteiger partial charge on any atom is -0.813 e. The summed E-state index contributed by atoms with van der Waals surface area (Å²) in [6.45, 7) is 5.72. The predicted octanol–water partition coefficient (Wildman–Crippen LogP) is 1.35. The molecule has 6 heavy (non-hydrogen) atoms. The van der Waals surface area contributed by atoms with Crippen LogP contribution in [0.4, 0.5) is 0 Å². The number of hydrogen-bond acceptors (Lipinski definition) is 1. The SMILES string of the molecule is [CH2-]CCC.[Cu+2].[SH-]. The molecule has 2 heteroatoms. The first-order valence-corrected chi connectivity index (χ1v) is 1.71. The van der Waals surface area contributed by atoms with Gasteiger partial charge in [0.2, 0.25) is 0 Å². The quantitative estimate of drug-likeness (QED) is 0.237. The molecular formula is C4H10CuS. The Labute approximate surface area is 57.6 Å². The van der Waals surface area contributed by atoms with Gasteiger partial charge in [0.05, 0.1) is 0 Å². The summed E-state index contributed by atoms with van der Waals surface area (Å²) in [6, 6.07) is 0. The summed E-state index contributed by atoms with van der Waals surface area (Å²) < 4.78 is 0. The Hall–Kier alpha value is 0.869. The Bertz CT molecular complexity index is 9.51. The molecular weight excluding hydrogens is 144 g/mol. The normalized spacial score (nSPS) is 5.00. The average Bonchev–Trinajstić information content (AvgIpc) is 1.37. The van der Waals surface area contributed by atoms with Crippen molar-refractivity contribution < 1.29 is 17.1 Å². The second-order valence-corrected chi connectivity index (χ2v) is 0.854. The van der Waals surface area contributed by atoms with Crippen LogP contribution in [0.2, 0.25) is 0 Å². The van der Waals surface area contributed by atoms with Crippen LogP contribution in [0.25, 0.3) is 0 Å². The van der Waals surface area contributed by atoms with Gasteiger partial charge in [-0.2, -0.15) is 6.42 Å². The van der Waals surface area contributed by atoms with Crippen LogP contribution in [0.15, 0.2) is 0 Å². The van der Waals surface area contributed by atoms with E-state index in [1.54, 1.807) is 0 Å². The van der Waals surface area contributed by atoms with E-state index in [9.17, 15) is 0 Å². The van der Waals surface area contributed by atoms with Crippen LogP contribution in [-0.4, -0.2) is 0 Å². The molecule has 0 N–H and O–H groups in total. The summed E-state index contributed by atoms with van der Waals surface area (Å²) in [5.74, 6) is 0. The van der Waals surface area contributed by atoms with Crippen molar-refractivity contribution in [3.05, 3.63) is 6.92 Å². The second kappa shape index (κ2) is 16.9. The van der Waals surface area contributed by atoms with Gasteiger partial charge in [0.1, 0.15) is 0 Å². The molecule has 43 valence electrons. The van der Waals surface area contributed by atoms with Crippen LogP contribution in [0.3, 0.4) is 0 Å². The van der Waals surface area contributed by atoms with Crippen molar-refractivity contribution in [1.82, 2.24) is 0 Å². The minimum absolute atomic E-state index is 0. The third kappa shape index (κ3) is 20.9. The monoisotopic (exact) mass is 153 g/mol. The van der Waals surface area contributed by atoms with E-state index < -0.39 is 0 Å². The maximum absolute atomic E-state index is 3.60. The second-order valence-electron chi connectivity index (χ2n) is 0.854. The van der Waals surface area contributed by atoms with E-state index >= 15 is 0 Å². The van der Waals surface area contributed by atoms with Gasteiger partial charge in [-0.25, -0.2) is 0 Å². The fourth-order valence-electron chi connectivity index (χ4n) is 0. The maximum Gasteiger partial charge on any atom is 2.00 e. The van der Waals surface area contributed by atoms with Crippen molar-refractivity contribution in [2.75, 3.05) is 0 Å². The first kappa shape index (κ1) is 15.8. The van der Waals surface area contributed by atoms with Crippen molar-refractivity contribution in [3.63, 3.8) is 0 Å². The van der Waals surface area contributed by atoms with E-state index in [4.69, 9.17) is 0 Å². The third-order valence-electron chi connectivity index (χ3n) is 0.354. The Morgan fingerprint density at radius 2 is 1.67 bits per heavy atom. The van der Waals surface area contributed by atoms with Crippen molar-refractivity contribution >= 4 is 13.5 Å². The fraction of sp³-hybridized carbons (Fsp3) is 0.750. The molecule has 0 unspecified atom stereocenters. The van der Waals surface area contributed by atoms with E-state index in [1.807, 2.05) is 0 Å². The summed E-state index contributed by atoms with van der Waals surface area (Å²) >= 11 is 0. The summed E-state index contributed by atoms with van der Waals surface area (Å²) in [4.78, 5) is 0. The summed E-state index contributed by atoms with van der Waals surface area (Å²) in [5, 5.41) is 0. The van der Waals surface area contributed by atoms with Crippen LogP contribution < -0.4 is 0 Å². The van der Waals surface area contributed by atoms with Crippen LogP contribution in [0.1, 0.15) is 19.8 Å². The van der Waals surface area contributed by atoms with Gasteiger partial charge in [0.25, 0.3) is 0 Å². The summed E-state index contributed by atoms with van der Waals surface area (Å²) in [5.41, 5.74) is 0. The van der Waals surface area contributed by atoms with Gasteiger partial charge in [-0.1, -0.05) is 13.3 Å². The molecule has 0 aromatic heterocycles. The predicted molar refractivity (Wildman–Crippen MR) is 29.0 cm³/mol. The van der Waals surface area contributed by atoms with Crippen LogP contribution in [0.5, 0.6) is 0 Å². The number of hydrogen-bond donors (Lipinski definition) is 0. The molecule has 0 aliphatic rings. The first-order chi connectivity index (χ1) is 1.91. The Morgan fingerprint density at radius 1 is 1.50 bits per heavy atom. The topological polar surface area (TPSA) is 0 Å². The number of thiol groups is 1. The molecule has 0 bridgehead atoms. The van der Waals surface area contributed by atoms with Crippen molar-refractivity contribution in [1.29, 1.82) is 0 Å². The molecule has 0 nitrogen and oxygen atoms in total. The Balaban J connectivity index is -0.0000000450. The summed E-state index contributed by atoms with van der Waals surface area (Å²) in [6.07, 6.45) is 2.28. The molecule has 0 saturated heterocycles. The molecule has 0 amide bonds. The van der Waals surface area contributed by atoms with Crippen LogP contribution in [0, 0.1) is 6.92 Å². The van der Waals surface area contributed by atoms with Crippen molar-refractivity contribution in [2.45, 2.75) is 19.8 Å². The van der Waals surface area contributed by atoms with Crippen LogP contribution >= 0.6 is 0 Å².